The predicted molar refractivity (Wildman–Crippen MR) is 68.0 cm³/mol. The maximum atomic E-state index is 13.1. The molecule has 1 heterocycles. The number of aliphatic hydroxyl groups excluding tert-OH is 1. The number of aryl methyl sites for hydroxylation is 1. The molecule has 5 heteroatoms. The summed E-state index contributed by atoms with van der Waals surface area (Å²) in [7, 11) is 0. The van der Waals surface area contributed by atoms with Gasteiger partial charge < -0.3 is 5.11 Å². The lowest BCUT2D eigenvalue weighted by Gasteiger charge is -2.06. The molecule has 1 aromatic carbocycles. The Hall–Kier alpha value is -1.52. The van der Waals surface area contributed by atoms with Crippen molar-refractivity contribution < 1.29 is 9.50 Å². The average molecular weight is 267 g/mol. The molecule has 0 bridgehead atoms. The second kappa shape index (κ2) is 5.42. The van der Waals surface area contributed by atoms with Crippen LogP contribution in [0.2, 0.25) is 5.02 Å². The van der Waals surface area contributed by atoms with Crippen LogP contribution in [0.5, 0.6) is 0 Å². The Bertz CT molecular complexity index is 575. The fourth-order valence-electron chi connectivity index (χ4n) is 1.65. The van der Waals surface area contributed by atoms with Crippen molar-refractivity contribution in [3.63, 3.8) is 0 Å². The van der Waals surface area contributed by atoms with Crippen LogP contribution in [-0.4, -0.2) is 21.7 Å². The van der Waals surface area contributed by atoms with Gasteiger partial charge in [-0.05, 0) is 31.2 Å². The highest BCUT2D eigenvalue weighted by Gasteiger charge is 2.07. The van der Waals surface area contributed by atoms with Gasteiger partial charge >= 0.3 is 0 Å². The molecule has 0 unspecified atom stereocenters. The topological polar surface area (TPSA) is 46.0 Å². The molecular weight excluding hydrogens is 255 g/mol. The summed E-state index contributed by atoms with van der Waals surface area (Å²) in [5.41, 5.74) is 2.20. The van der Waals surface area contributed by atoms with Crippen LogP contribution in [0.15, 0.2) is 24.3 Å². The number of rotatable bonds is 3. The van der Waals surface area contributed by atoms with E-state index in [-0.39, 0.29) is 11.6 Å². The highest BCUT2D eigenvalue weighted by Crippen LogP contribution is 2.24. The van der Waals surface area contributed by atoms with Crippen LogP contribution in [0.3, 0.4) is 0 Å². The molecule has 0 amide bonds. The molecule has 2 aromatic rings. The lowest BCUT2D eigenvalue weighted by atomic mass is 10.1. The summed E-state index contributed by atoms with van der Waals surface area (Å²) in [5, 5.41) is 8.96. The first-order valence-electron chi connectivity index (χ1n) is 5.51. The smallest absolute Gasteiger partial charge is 0.141 e. The Morgan fingerprint density at radius 1 is 1.28 bits per heavy atom. The Kier molecular flexibility index (Phi) is 3.89. The van der Waals surface area contributed by atoms with Gasteiger partial charge in [-0.15, -0.1) is 0 Å². The lowest BCUT2D eigenvalue weighted by Crippen LogP contribution is -2.01. The van der Waals surface area contributed by atoms with Gasteiger partial charge in [0.25, 0.3) is 0 Å². The molecule has 0 aliphatic carbocycles. The van der Waals surface area contributed by atoms with Crippen molar-refractivity contribution in [3.8, 4) is 11.3 Å². The van der Waals surface area contributed by atoms with Gasteiger partial charge in [0.05, 0.1) is 17.3 Å². The third kappa shape index (κ3) is 2.83. The van der Waals surface area contributed by atoms with Gasteiger partial charge in [-0.3, -0.25) is 0 Å². The van der Waals surface area contributed by atoms with Crippen molar-refractivity contribution in [2.45, 2.75) is 13.3 Å². The second-order valence-electron chi connectivity index (χ2n) is 3.91. The summed E-state index contributed by atoms with van der Waals surface area (Å²) in [5.74, 6) is 0.106. The van der Waals surface area contributed by atoms with Gasteiger partial charge in [0, 0.05) is 17.7 Å². The Morgan fingerprint density at radius 2 is 2.06 bits per heavy atom. The van der Waals surface area contributed by atoms with Crippen molar-refractivity contribution in [1.29, 1.82) is 0 Å². The van der Waals surface area contributed by atoms with Crippen LogP contribution in [0.4, 0.5) is 4.39 Å². The van der Waals surface area contributed by atoms with E-state index < -0.39 is 5.82 Å². The minimum absolute atomic E-state index is 0.00688. The summed E-state index contributed by atoms with van der Waals surface area (Å²) in [4.78, 5) is 8.52. The van der Waals surface area contributed by atoms with E-state index in [2.05, 4.69) is 9.97 Å². The van der Waals surface area contributed by atoms with Gasteiger partial charge in [0.1, 0.15) is 11.6 Å². The maximum Gasteiger partial charge on any atom is 0.141 e. The minimum Gasteiger partial charge on any atom is -0.396 e. The molecule has 18 heavy (non-hydrogen) atoms. The van der Waals surface area contributed by atoms with Crippen LogP contribution < -0.4 is 0 Å². The van der Waals surface area contributed by atoms with Crippen LogP contribution in [0.1, 0.15) is 11.5 Å². The molecule has 0 saturated heterocycles. The standard InChI is InChI=1S/C13H12ClFN2O/c1-8-6-12(17-13(16-8)4-5-18)9-2-3-11(15)10(14)7-9/h2-3,6-7,18H,4-5H2,1H3. The summed E-state index contributed by atoms with van der Waals surface area (Å²) in [6.45, 7) is 1.84. The quantitative estimate of drug-likeness (QED) is 0.929. The van der Waals surface area contributed by atoms with Crippen LogP contribution in [0, 0.1) is 12.7 Å². The van der Waals surface area contributed by atoms with Crippen LogP contribution >= 0.6 is 11.6 Å². The molecule has 0 fully saturated rings. The largest absolute Gasteiger partial charge is 0.396 e. The number of hydrogen-bond donors (Lipinski definition) is 1. The number of nitrogens with zero attached hydrogens (tertiary/aromatic N) is 2. The van der Waals surface area contributed by atoms with Gasteiger partial charge in [-0.1, -0.05) is 11.6 Å². The number of benzene rings is 1. The van der Waals surface area contributed by atoms with Crippen LogP contribution in [0.25, 0.3) is 11.3 Å². The molecule has 0 aliphatic heterocycles. The second-order valence-corrected chi connectivity index (χ2v) is 4.32. The molecule has 0 radical (unpaired) electrons. The SMILES string of the molecule is Cc1cc(-c2ccc(F)c(Cl)c2)nc(CCO)n1. The first kappa shape index (κ1) is 12.9. The summed E-state index contributed by atoms with van der Waals surface area (Å²) >= 11 is 5.75. The van der Waals surface area contributed by atoms with E-state index in [1.165, 1.54) is 12.1 Å². The third-order valence-corrected chi connectivity index (χ3v) is 2.74. The predicted octanol–water partition coefficient (Wildman–Crippen LogP) is 2.78. The lowest BCUT2D eigenvalue weighted by molar-refractivity contribution is 0.296. The molecule has 0 spiro atoms. The molecule has 0 atom stereocenters. The molecule has 1 N–H and O–H groups in total. The minimum atomic E-state index is -0.457. The fourth-order valence-corrected chi connectivity index (χ4v) is 1.83. The molecular formula is C13H12ClFN2O. The number of aromatic nitrogens is 2. The van der Waals surface area contributed by atoms with Crippen molar-refractivity contribution in [2.75, 3.05) is 6.61 Å². The molecule has 0 saturated carbocycles. The zero-order valence-corrected chi connectivity index (χ0v) is 10.6. The van der Waals surface area contributed by atoms with Crippen molar-refractivity contribution >= 4 is 11.6 Å². The normalized spacial score (nSPS) is 10.7. The third-order valence-electron chi connectivity index (χ3n) is 2.45. The van der Waals surface area contributed by atoms with Gasteiger partial charge in [-0.25, -0.2) is 14.4 Å². The Morgan fingerprint density at radius 3 is 2.72 bits per heavy atom. The van der Waals surface area contributed by atoms with Crippen molar-refractivity contribution in [1.82, 2.24) is 9.97 Å². The van der Waals surface area contributed by atoms with E-state index >= 15 is 0 Å². The number of halogens is 2. The number of hydrogen-bond acceptors (Lipinski definition) is 3. The first-order chi connectivity index (χ1) is 8.60. The summed E-state index contributed by atoms with van der Waals surface area (Å²) < 4.78 is 13.1. The zero-order valence-electron chi connectivity index (χ0n) is 9.82. The van der Waals surface area contributed by atoms with E-state index in [9.17, 15) is 4.39 Å². The zero-order chi connectivity index (χ0) is 13.1. The van der Waals surface area contributed by atoms with E-state index in [4.69, 9.17) is 16.7 Å². The van der Waals surface area contributed by atoms with Gasteiger partial charge in [0.15, 0.2) is 0 Å². The monoisotopic (exact) mass is 266 g/mol. The molecule has 3 nitrogen and oxygen atoms in total. The first-order valence-corrected chi connectivity index (χ1v) is 5.89. The van der Waals surface area contributed by atoms with Crippen molar-refractivity contribution in [2.24, 2.45) is 0 Å². The Labute approximate surface area is 109 Å². The molecule has 94 valence electrons. The van der Waals surface area contributed by atoms with E-state index in [1.54, 1.807) is 12.1 Å². The fraction of sp³-hybridized carbons (Fsp3) is 0.231. The van der Waals surface area contributed by atoms with Gasteiger partial charge in [-0.2, -0.15) is 0 Å². The maximum absolute atomic E-state index is 13.1. The summed E-state index contributed by atoms with van der Waals surface area (Å²) in [6, 6.07) is 6.25. The average Bonchev–Trinajstić information content (AvgIpc) is 2.32. The van der Waals surface area contributed by atoms with Crippen molar-refractivity contribution in [3.05, 3.63) is 46.6 Å². The van der Waals surface area contributed by atoms with E-state index in [0.29, 0.717) is 17.9 Å². The van der Waals surface area contributed by atoms with E-state index in [1.807, 2.05) is 6.92 Å². The molecule has 0 aliphatic rings. The highest BCUT2D eigenvalue weighted by molar-refractivity contribution is 6.31. The van der Waals surface area contributed by atoms with Gasteiger partial charge in [0.2, 0.25) is 0 Å². The number of aliphatic hydroxyl groups is 1. The highest BCUT2D eigenvalue weighted by atomic mass is 35.5. The summed E-state index contributed by atoms with van der Waals surface area (Å²) in [6.07, 6.45) is 0.392. The van der Waals surface area contributed by atoms with Crippen LogP contribution in [-0.2, 0) is 6.42 Å². The van der Waals surface area contributed by atoms with E-state index in [0.717, 1.165) is 11.3 Å². The Balaban J connectivity index is 2.46. The molecule has 1 aromatic heterocycles. The molecule has 2 rings (SSSR count).